The summed E-state index contributed by atoms with van der Waals surface area (Å²) in [6.45, 7) is 0. The van der Waals surface area contributed by atoms with E-state index in [2.05, 4.69) is 0 Å². The number of hydrogen-bond acceptors (Lipinski definition) is 4. The molecule has 0 aromatic heterocycles. The highest BCUT2D eigenvalue weighted by Crippen LogP contribution is 2.26. The van der Waals surface area contributed by atoms with E-state index in [1.54, 1.807) is 22.9 Å². The fraction of sp³-hybridized carbons (Fsp3) is 0.111. The van der Waals surface area contributed by atoms with Crippen molar-refractivity contribution in [3.63, 3.8) is 0 Å². The Hall–Kier alpha value is -1.69. The third-order valence-electron chi connectivity index (χ3n) is 2.11. The Kier molecular flexibility index (Phi) is 2.08. The van der Waals surface area contributed by atoms with Crippen molar-refractivity contribution >= 4 is 21.7 Å². The Morgan fingerprint density at radius 2 is 1.67 bits per heavy atom. The van der Waals surface area contributed by atoms with E-state index in [9.17, 15) is 18.0 Å². The maximum atomic E-state index is 11.4. The molecular formula is C9H7NO4S. The van der Waals surface area contributed by atoms with Gasteiger partial charge in [-0.25, -0.2) is 13.1 Å². The van der Waals surface area contributed by atoms with Crippen LogP contribution >= 0.6 is 0 Å². The van der Waals surface area contributed by atoms with Crippen molar-refractivity contribution in [1.82, 2.24) is 4.72 Å². The standard InChI is InChI=1S/C9H7NO4S/c11-7-8(6-4-2-1-3-5-6)15(13,14)10-9(7)12/h1-5,8H,(H,10,12). The molecule has 0 radical (unpaired) electrons. The van der Waals surface area contributed by atoms with Crippen LogP contribution in [0.25, 0.3) is 0 Å². The zero-order valence-corrected chi connectivity index (χ0v) is 8.32. The summed E-state index contributed by atoms with van der Waals surface area (Å²) < 4.78 is 24.5. The van der Waals surface area contributed by atoms with Crippen LogP contribution in [0.5, 0.6) is 0 Å². The Balaban J connectivity index is 2.54. The fourth-order valence-corrected chi connectivity index (χ4v) is 2.84. The van der Waals surface area contributed by atoms with E-state index >= 15 is 0 Å². The molecule has 2 rings (SSSR count). The first-order valence-corrected chi connectivity index (χ1v) is 5.72. The maximum absolute atomic E-state index is 11.4. The van der Waals surface area contributed by atoms with Crippen molar-refractivity contribution in [3.05, 3.63) is 35.9 Å². The molecule has 1 saturated heterocycles. The van der Waals surface area contributed by atoms with E-state index in [0.29, 0.717) is 5.56 Å². The minimum absolute atomic E-state index is 0.306. The zero-order chi connectivity index (χ0) is 11.1. The Morgan fingerprint density at radius 1 is 1.07 bits per heavy atom. The van der Waals surface area contributed by atoms with Crippen molar-refractivity contribution < 1.29 is 18.0 Å². The van der Waals surface area contributed by atoms with Crippen LogP contribution in [0.2, 0.25) is 0 Å². The molecular weight excluding hydrogens is 218 g/mol. The average Bonchev–Trinajstić information content (AvgIpc) is 2.37. The van der Waals surface area contributed by atoms with Gasteiger partial charge in [-0.3, -0.25) is 9.59 Å². The highest BCUT2D eigenvalue weighted by molar-refractivity contribution is 7.92. The third kappa shape index (κ3) is 1.52. The van der Waals surface area contributed by atoms with Gasteiger partial charge in [-0.1, -0.05) is 30.3 Å². The first kappa shape index (κ1) is 9.85. The molecule has 1 aromatic carbocycles. The summed E-state index contributed by atoms with van der Waals surface area (Å²) in [6.07, 6.45) is 0. The van der Waals surface area contributed by atoms with Crippen LogP contribution in [0.4, 0.5) is 0 Å². The third-order valence-corrected chi connectivity index (χ3v) is 3.69. The van der Waals surface area contributed by atoms with Gasteiger partial charge in [0.15, 0.2) is 5.25 Å². The van der Waals surface area contributed by atoms with E-state index in [0.717, 1.165) is 0 Å². The SMILES string of the molecule is O=C1NS(=O)(=O)C(c2ccccc2)C1=O. The Labute approximate surface area is 86.2 Å². The summed E-state index contributed by atoms with van der Waals surface area (Å²) in [7, 11) is -3.89. The molecule has 1 aliphatic rings. The van der Waals surface area contributed by atoms with E-state index < -0.39 is 27.0 Å². The first-order chi connectivity index (χ1) is 7.02. The van der Waals surface area contributed by atoms with Crippen LogP contribution in [-0.2, 0) is 19.6 Å². The molecule has 1 N–H and O–H groups in total. The monoisotopic (exact) mass is 225 g/mol. The number of benzene rings is 1. The Morgan fingerprint density at radius 3 is 2.13 bits per heavy atom. The van der Waals surface area contributed by atoms with E-state index in [4.69, 9.17) is 0 Å². The van der Waals surface area contributed by atoms with Crippen LogP contribution in [0.1, 0.15) is 10.8 Å². The number of nitrogens with one attached hydrogen (secondary N) is 1. The van der Waals surface area contributed by atoms with Gasteiger partial charge in [0.2, 0.25) is 15.8 Å². The van der Waals surface area contributed by atoms with Crippen LogP contribution in [0.3, 0.4) is 0 Å². The van der Waals surface area contributed by atoms with Crippen molar-refractivity contribution in [2.45, 2.75) is 5.25 Å². The quantitative estimate of drug-likeness (QED) is 0.669. The van der Waals surface area contributed by atoms with Gasteiger partial charge in [-0.15, -0.1) is 0 Å². The predicted molar refractivity (Wildman–Crippen MR) is 51.3 cm³/mol. The second-order valence-corrected chi connectivity index (χ2v) is 4.90. The Bertz CT molecular complexity index is 520. The second kappa shape index (κ2) is 3.16. The molecule has 0 aliphatic carbocycles. The van der Waals surface area contributed by atoms with Gasteiger partial charge in [0.1, 0.15) is 0 Å². The van der Waals surface area contributed by atoms with E-state index in [1.807, 2.05) is 0 Å². The zero-order valence-electron chi connectivity index (χ0n) is 7.51. The number of ketones is 1. The molecule has 1 heterocycles. The maximum Gasteiger partial charge on any atom is 0.302 e. The fourth-order valence-electron chi connectivity index (χ4n) is 1.46. The number of carbonyl (C=O) groups is 2. The molecule has 78 valence electrons. The summed E-state index contributed by atoms with van der Waals surface area (Å²) in [5.74, 6) is -2.00. The normalized spacial score (nSPS) is 23.9. The minimum Gasteiger partial charge on any atom is -0.287 e. The molecule has 0 bridgehead atoms. The van der Waals surface area contributed by atoms with Gasteiger partial charge < -0.3 is 0 Å². The molecule has 0 saturated carbocycles. The summed E-state index contributed by atoms with van der Waals surface area (Å²) in [4.78, 5) is 22.3. The number of Topliss-reactive ketones (excluding diaryl/α,β-unsaturated/α-hetero) is 1. The topological polar surface area (TPSA) is 80.3 Å². The lowest BCUT2D eigenvalue weighted by atomic mass is 10.1. The molecule has 5 nitrogen and oxygen atoms in total. The molecule has 0 spiro atoms. The van der Waals surface area contributed by atoms with Gasteiger partial charge in [0.05, 0.1) is 0 Å². The van der Waals surface area contributed by atoms with Crippen LogP contribution in [-0.4, -0.2) is 20.1 Å². The number of rotatable bonds is 1. The molecule has 1 aliphatic heterocycles. The molecule has 1 aromatic rings. The van der Waals surface area contributed by atoms with E-state index in [-0.39, 0.29) is 0 Å². The average molecular weight is 225 g/mol. The predicted octanol–water partition coefficient (Wildman–Crippen LogP) is -0.244. The van der Waals surface area contributed by atoms with Gasteiger partial charge in [0.25, 0.3) is 0 Å². The lowest BCUT2D eigenvalue weighted by Crippen LogP contribution is -2.22. The van der Waals surface area contributed by atoms with Crippen molar-refractivity contribution in [2.24, 2.45) is 0 Å². The van der Waals surface area contributed by atoms with Crippen LogP contribution in [0, 0.1) is 0 Å². The number of amides is 1. The number of sulfonamides is 1. The van der Waals surface area contributed by atoms with Gasteiger partial charge >= 0.3 is 5.91 Å². The van der Waals surface area contributed by atoms with Gasteiger partial charge in [0, 0.05) is 0 Å². The smallest absolute Gasteiger partial charge is 0.287 e. The second-order valence-electron chi connectivity index (χ2n) is 3.13. The largest absolute Gasteiger partial charge is 0.302 e. The molecule has 1 amide bonds. The summed E-state index contributed by atoms with van der Waals surface area (Å²) in [6, 6.07) is 7.92. The lowest BCUT2D eigenvalue weighted by Gasteiger charge is -2.05. The van der Waals surface area contributed by atoms with Gasteiger partial charge in [-0.2, -0.15) is 0 Å². The summed E-state index contributed by atoms with van der Waals surface area (Å²) in [5.41, 5.74) is 0.306. The van der Waals surface area contributed by atoms with Crippen LogP contribution in [0.15, 0.2) is 30.3 Å². The minimum atomic E-state index is -3.89. The summed E-state index contributed by atoms with van der Waals surface area (Å²) >= 11 is 0. The molecule has 1 fully saturated rings. The molecule has 15 heavy (non-hydrogen) atoms. The van der Waals surface area contributed by atoms with E-state index in [1.165, 1.54) is 12.1 Å². The highest BCUT2D eigenvalue weighted by atomic mass is 32.2. The van der Waals surface area contributed by atoms with Crippen molar-refractivity contribution in [1.29, 1.82) is 0 Å². The highest BCUT2D eigenvalue weighted by Gasteiger charge is 2.46. The van der Waals surface area contributed by atoms with Crippen molar-refractivity contribution in [2.75, 3.05) is 0 Å². The van der Waals surface area contributed by atoms with Crippen LogP contribution < -0.4 is 4.72 Å². The number of hydrogen-bond donors (Lipinski definition) is 1. The summed E-state index contributed by atoms with van der Waals surface area (Å²) in [5, 5.41) is -1.40. The van der Waals surface area contributed by atoms with Gasteiger partial charge in [-0.05, 0) is 5.56 Å². The number of carbonyl (C=O) groups excluding carboxylic acids is 2. The molecule has 1 unspecified atom stereocenters. The molecule has 1 atom stereocenters. The lowest BCUT2D eigenvalue weighted by molar-refractivity contribution is -0.135. The van der Waals surface area contributed by atoms with Crippen molar-refractivity contribution in [3.8, 4) is 0 Å². The molecule has 6 heteroatoms. The first-order valence-electron chi connectivity index (χ1n) is 4.17.